The Bertz CT molecular complexity index is 449. The van der Waals surface area contributed by atoms with Gasteiger partial charge in [-0.2, -0.15) is 0 Å². The normalized spacial score (nSPS) is 15.1. The van der Waals surface area contributed by atoms with Gasteiger partial charge in [0.25, 0.3) is 0 Å². The van der Waals surface area contributed by atoms with Crippen LogP contribution in [0.3, 0.4) is 0 Å². The van der Waals surface area contributed by atoms with Gasteiger partial charge in [0.2, 0.25) is 5.91 Å². The molecule has 0 radical (unpaired) electrons. The van der Waals surface area contributed by atoms with Crippen molar-refractivity contribution in [3.05, 3.63) is 34.6 Å². The Morgan fingerprint density at radius 2 is 2.21 bits per heavy atom. The number of hydrogen-bond acceptors (Lipinski definition) is 2. The standard InChI is InChI=1S/C14H18ClFN2O/c15-12-6-2-5-11(14(12)16)8-18-13(19)9-17-7-10-3-1-4-10/h2,5-6,10,17H,1,3-4,7-9H2,(H,18,19). The van der Waals surface area contributed by atoms with E-state index >= 15 is 0 Å². The summed E-state index contributed by atoms with van der Waals surface area (Å²) in [5.41, 5.74) is 0.403. The van der Waals surface area contributed by atoms with Crippen molar-refractivity contribution in [2.45, 2.75) is 25.8 Å². The predicted molar refractivity (Wildman–Crippen MR) is 73.5 cm³/mol. The molecule has 0 aromatic heterocycles. The molecule has 0 spiro atoms. The van der Waals surface area contributed by atoms with Crippen molar-refractivity contribution in [2.24, 2.45) is 5.92 Å². The van der Waals surface area contributed by atoms with Gasteiger partial charge < -0.3 is 10.6 Å². The summed E-state index contributed by atoms with van der Waals surface area (Å²) in [6.45, 7) is 1.33. The molecule has 0 atom stereocenters. The summed E-state index contributed by atoms with van der Waals surface area (Å²) in [6, 6.07) is 4.77. The Labute approximate surface area is 117 Å². The van der Waals surface area contributed by atoms with E-state index in [-0.39, 0.29) is 24.0 Å². The van der Waals surface area contributed by atoms with E-state index in [4.69, 9.17) is 11.6 Å². The van der Waals surface area contributed by atoms with Crippen molar-refractivity contribution in [3.8, 4) is 0 Å². The van der Waals surface area contributed by atoms with Gasteiger partial charge in [-0.1, -0.05) is 30.2 Å². The molecule has 5 heteroatoms. The molecule has 2 rings (SSSR count). The molecule has 1 amide bonds. The third-order valence-corrected chi connectivity index (χ3v) is 3.74. The molecule has 0 aliphatic heterocycles. The molecule has 2 N–H and O–H groups in total. The zero-order valence-electron chi connectivity index (χ0n) is 10.7. The van der Waals surface area contributed by atoms with Crippen LogP contribution in [-0.2, 0) is 11.3 Å². The molecule has 104 valence electrons. The second-order valence-corrected chi connectivity index (χ2v) is 5.32. The summed E-state index contributed by atoms with van der Waals surface area (Å²) in [6.07, 6.45) is 3.80. The van der Waals surface area contributed by atoms with Crippen molar-refractivity contribution in [2.75, 3.05) is 13.1 Å². The van der Waals surface area contributed by atoms with E-state index in [0.29, 0.717) is 5.56 Å². The first-order valence-corrected chi connectivity index (χ1v) is 6.95. The molecule has 1 aliphatic carbocycles. The van der Waals surface area contributed by atoms with E-state index in [1.165, 1.54) is 25.3 Å². The van der Waals surface area contributed by atoms with E-state index in [0.717, 1.165) is 12.5 Å². The number of nitrogens with one attached hydrogen (secondary N) is 2. The highest BCUT2D eigenvalue weighted by Crippen LogP contribution is 2.24. The van der Waals surface area contributed by atoms with Crippen LogP contribution in [0.1, 0.15) is 24.8 Å². The number of benzene rings is 1. The van der Waals surface area contributed by atoms with Crippen LogP contribution in [0.4, 0.5) is 4.39 Å². The number of rotatable bonds is 6. The van der Waals surface area contributed by atoms with Gasteiger partial charge in [0, 0.05) is 12.1 Å². The van der Waals surface area contributed by atoms with E-state index in [9.17, 15) is 9.18 Å². The number of carbonyl (C=O) groups is 1. The molecule has 1 saturated carbocycles. The Hall–Kier alpha value is -1.13. The van der Waals surface area contributed by atoms with Crippen molar-refractivity contribution < 1.29 is 9.18 Å². The summed E-state index contributed by atoms with van der Waals surface area (Å²) in [4.78, 5) is 11.6. The lowest BCUT2D eigenvalue weighted by Crippen LogP contribution is -2.37. The average molecular weight is 285 g/mol. The van der Waals surface area contributed by atoms with Gasteiger partial charge in [-0.15, -0.1) is 0 Å². The molecular formula is C14H18ClFN2O. The monoisotopic (exact) mass is 284 g/mol. The minimum Gasteiger partial charge on any atom is -0.351 e. The van der Waals surface area contributed by atoms with E-state index in [2.05, 4.69) is 10.6 Å². The van der Waals surface area contributed by atoms with Crippen LogP contribution < -0.4 is 10.6 Å². The summed E-state index contributed by atoms with van der Waals surface area (Å²) in [7, 11) is 0. The number of hydrogen-bond donors (Lipinski definition) is 2. The van der Waals surface area contributed by atoms with Crippen molar-refractivity contribution >= 4 is 17.5 Å². The fourth-order valence-corrected chi connectivity index (χ4v) is 2.22. The smallest absolute Gasteiger partial charge is 0.234 e. The lowest BCUT2D eigenvalue weighted by Gasteiger charge is -2.25. The van der Waals surface area contributed by atoms with Gasteiger partial charge in [-0.3, -0.25) is 4.79 Å². The Morgan fingerprint density at radius 1 is 1.42 bits per heavy atom. The second kappa shape index (κ2) is 6.87. The van der Waals surface area contributed by atoms with Crippen molar-refractivity contribution in [1.82, 2.24) is 10.6 Å². The van der Waals surface area contributed by atoms with Gasteiger partial charge >= 0.3 is 0 Å². The Kier molecular flexibility index (Phi) is 5.16. The zero-order chi connectivity index (χ0) is 13.7. The fraction of sp³-hybridized carbons (Fsp3) is 0.500. The Balaban J connectivity index is 1.69. The van der Waals surface area contributed by atoms with Crippen molar-refractivity contribution in [1.29, 1.82) is 0 Å². The van der Waals surface area contributed by atoms with Gasteiger partial charge in [0.1, 0.15) is 5.82 Å². The first-order chi connectivity index (χ1) is 9.16. The molecule has 1 aromatic carbocycles. The van der Waals surface area contributed by atoms with Crippen LogP contribution in [0.5, 0.6) is 0 Å². The highest BCUT2D eigenvalue weighted by molar-refractivity contribution is 6.30. The predicted octanol–water partition coefficient (Wildman–Crippen LogP) is 2.49. The van der Waals surface area contributed by atoms with Gasteiger partial charge in [0.05, 0.1) is 11.6 Å². The highest BCUT2D eigenvalue weighted by Gasteiger charge is 2.16. The summed E-state index contributed by atoms with van der Waals surface area (Å²) in [5, 5.41) is 5.87. The Morgan fingerprint density at radius 3 is 2.89 bits per heavy atom. The lowest BCUT2D eigenvalue weighted by molar-refractivity contribution is -0.120. The molecular weight excluding hydrogens is 267 g/mol. The minimum atomic E-state index is -0.466. The van der Waals surface area contributed by atoms with E-state index in [1.54, 1.807) is 12.1 Å². The van der Waals surface area contributed by atoms with Crippen LogP contribution in [0.15, 0.2) is 18.2 Å². The summed E-state index contributed by atoms with van der Waals surface area (Å²) < 4.78 is 13.6. The highest BCUT2D eigenvalue weighted by atomic mass is 35.5. The molecule has 19 heavy (non-hydrogen) atoms. The largest absolute Gasteiger partial charge is 0.351 e. The van der Waals surface area contributed by atoms with Crippen LogP contribution >= 0.6 is 11.6 Å². The molecule has 3 nitrogen and oxygen atoms in total. The topological polar surface area (TPSA) is 41.1 Å². The lowest BCUT2D eigenvalue weighted by atomic mass is 9.85. The quantitative estimate of drug-likeness (QED) is 0.843. The summed E-state index contributed by atoms with van der Waals surface area (Å²) >= 11 is 5.67. The number of carbonyl (C=O) groups excluding carboxylic acids is 1. The molecule has 0 bridgehead atoms. The zero-order valence-corrected chi connectivity index (χ0v) is 11.5. The van der Waals surface area contributed by atoms with Crippen LogP contribution in [-0.4, -0.2) is 19.0 Å². The van der Waals surface area contributed by atoms with Gasteiger partial charge in [-0.25, -0.2) is 4.39 Å². The molecule has 1 aliphatic rings. The van der Waals surface area contributed by atoms with Crippen LogP contribution in [0, 0.1) is 11.7 Å². The average Bonchev–Trinajstić information content (AvgIpc) is 2.34. The molecule has 1 fully saturated rings. The molecule has 0 unspecified atom stereocenters. The molecule has 0 heterocycles. The molecule has 1 aromatic rings. The first kappa shape index (κ1) is 14.3. The first-order valence-electron chi connectivity index (χ1n) is 6.57. The van der Waals surface area contributed by atoms with Gasteiger partial charge in [0.15, 0.2) is 0 Å². The third-order valence-electron chi connectivity index (χ3n) is 3.45. The maximum atomic E-state index is 13.6. The van der Waals surface area contributed by atoms with Crippen LogP contribution in [0.2, 0.25) is 5.02 Å². The molecule has 0 saturated heterocycles. The second-order valence-electron chi connectivity index (χ2n) is 4.92. The minimum absolute atomic E-state index is 0.0786. The number of amides is 1. The SMILES string of the molecule is O=C(CNCC1CCC1)NCc1cccc(Cl)c1F. The third kappa shape index (κ3) is 4.18. The van der Waals surface area contributed by atoms with Crippen LogP contribution in [0.25, 0.3) is 0 Å². The van der Waals surface area contributed by atoms with E-state index < -0.39 is 5.82 Å². The van der Waals surface area contributed by atoms with Crippen molar-refractivity contribution in [3.63, 3.8) is 0 Å². The van der Waals surface area contributed by atoms with Gasteiger partial charge in [-0.05, 0) is 31.4 Å². The maximum absolute atomic E-state index is 13.6. The maximum Gasteiger partial charge on any atom is 0.234 e. The number of halogens is 2. The fourth-order valence-electron chi connectivity index (χ4n) is 2.03. The summed E-state index contributed by atoms with van der Waals surface area (Å²) in [5.74, 6) is 0.128. The van der Waals surface area contributed by atoms with E-state index in [1.807, 2.05) is 0 Å².